The Kier molecular flexibility index (Phi) is 3.97. The van der Waals surface area contributed by atoms with Gasteiger partial charge in [0.25, 0.3) is 0 Å². The lowest BCUT2D eigenvalue weighted by atomic mass is 10.1. The summed E-state index contributed by atoms with van der Waals surface area (Å²) in [7, 11) is 0. The first-order valence-corrected chi connectivity index (χ1v) is 7.11. The second kappa shape index (κ2) is 6.23. The molecule has 1 fully saturated rings. The lowest BCUT2D eigenvalue weighted by Gasteiger charge is -2.17. The minimum atomic E-state index is 0.587. The third-order valence-electron chi connectivity index (χ3n) is 3.72. The Morgan fingerprint density at radius 3 is 2.95 bits per heavy atom. The maximum atomic E-state index is 8.80. The summed E-state index contributed by atoms with van der Waals surface area (Å²) >= 11 is 0. The molecular weight excluding hydrogens is 262 g/mol. The van der Waals surface area contributed by atoms with E-state index in [-0.39, 0.29) is 0 Å². The summed E-state index contributed by atoms with van der Waals surface area (Å²) in [4.78, 5) is 10.9. The van der Waals surface area contributed by atoms with Crippen molar-refractivity contribution in [3.05, 3.63) is 48.3 Å². The van der Waals surface area contributed by atoms with Gasteiger partial charge in [-0.25, -0.2) is 9.97 Å². The van der Waals surface area contributed by atoms with E-state index in [2.05, 4.69) is 26.3 Å². The minimum absolute atomic E-state index is 0.587. The fraction of sp³-hybridized carbons (Fsp3) is 0.312. The Morgan fingerprint density at radius 1 is 1.29 bits per heavy atom. The van der Waals surface area contributed by atoms with Gasteiger partial charge in [-0.3, -0.25) is 0 Å². The Balaban J connectivity index is 1.54. The molecule has 0 amide bonds. The second-order valence-corrected chi connectivity index (χ2v) is 5.21. The molecule has 0 aliphatic carbocycles. The first kappa shape index (κ1) is 13.4. The lowest BCUT2D eigenvalue weighted by Crippen LogP contribution is -2.23. The fourth-order valence-corrected chi connectivity index (χ4v) is 2.56. The van der Waals surface area contributed by atoms with Crippen molar-refractivity contribution in [2.45, 2.75) is 6.42 Å². The zero-order chi connectivity index (χ0) is 14.5. The standard InChI is InChI=1S/C16H17N5/c17-9-13-4-5-16(20-10-13)21-8-6-14(12-21)11-19-15-3-1-2-7-18-15/h1-5,7,10,14H,6,8,11-12H2,(H,18,19). The molecule has 1 aliphatic rings. The molecule has 1 unspecified atom stereocenters. The van der Waals surface area contributed by atoms with Crippen molar-refractivity contribution in [3.8, 4) is 6.07 Å². The summed E-state index contributed by atoms with van der Waals surface area (Å²) in [5.74, 6) is 2.46. The molecule has 21 heavy (non-hydrogen) atoms. The van der Waals surface area contributed by atoms with Gasteiger partial charge in [0.05, 0.1) is 5.56 Å². The number of rotatable bonds is 4. The average molecular weight is 279 g/mol. The van der Waals surface area contributed by atoms with Crippen LogP contribution in [0.1, 0.15) is 12.0 Å². The summed E-state index contributed by atoms with van der Waals surface area (Å²) in [5.41, 5.74) is 0.603. The number of hydrogen-bond acceptors (Lipinski definition) is 5. The smallest absolute Gasteiger partial charge is 0.128 e. The first-order chi connectivity index (χ1) is 10.3. The Hall–Kier alpha value is -2.61. The van der Waals surface area contributed by atoms with Gasteiger partial charge in [-0.05, 0) is 36.6 Å². The Morgan fingerprint density at radius 2 is 2.24 bits per heavy atom. The molecule has 5 nitrogen and oxygen atoms in total. The van der Waals surface area contributed by atoms with E-state index in [1.165, 1.54) is 0 Å². The van der Waals surface area contributed by atoms with Gasteiger partial charge in [0, 0.05) is 32.0 Å². The van der Waals surface area contributed by atoms with Crippen molar-refractivity contribution < 1.29 is 0 Å². The average Bonchev–Trinajstić information content (AvgIpc) is 3.03. The van der Waals surface area contributed by atoms with Gasteiger partial charge in [-0.2, -0.15) is 5.26 Å². The molecule has 1 N–H and O–H groups in total. The quantitative estimate of drug-likeness (QED) is 0.930. The summed E-state index contributed by atoms with van der Waals surface area (Å²) < 4.78 is 0. The molecule has 0 radical (unpaired) electrons. The van der Waals surface area contributed by atoms with Crippen LogP contribution < -0.4 is 10.2 Å². The summed E-state index contributed by atoms with van der Waals surface area (Å²) in [5, 5.41) is 12.2. The van der Waals surface area contributed by atoms with Gasteiger partial charge >= 0.3 is 0 Å². The molecule has 0 aromatic carbocycles. The highest BCUT2D eigenvalue weighted by Gasteiger charge is 2.23. The van der Waals surface area contributed by atoms with Gasteiger partial charge < -0.3 is 10.2 Å². The van der Waals surface area contributed by atoms with Gasteiger partial charge in [0.1, 0.15) is 17.7 Å². The third-order valence-corrected chi connectivity index (χ3v) is 3.72. The van der Waals surface area contributed by atoms with Crippen LogP contribution in [-0.4, -0.2) is 29.6 Å². The SMILES string of the molecule is N#Cc1ccc(N2CCC(CNc3ccccn3)C2)nc1. The molecule has 0 saturated carbocycles. The molecule has 1 saturated heterocycles. The molecule has 2 aromatic heterocycles. The predicted octanol–water partition coefficient (Wildman–Crippen LogP) is 2.29. The number of nitrogens with zero attached hydrogens (tertiary/aromatic N) is 4. The van der Waals surface area contributed by atoms with Gasteiger partial charge in [0.2, 0.25) is 0 Å². The van der Waals surface area contributed by atoms with Crippen molar-refractivity contribution >= 4 is 11.6 Å². The van der Waals surface area contributed by atoms with E-state index in [0.29, 0.717) is 11.5 Å². The second-order valence-electron chi connectivity index (χ2n) is 5.21. The summed E-state index contributed by atoms with van der Waals surface area (Å²) in [6.07, 6.45) is 4.57. The molecule has 5 heteroatoms. The van der Waals surface area contributed by atoms with E-state index in [9.17, 15) is 0 Å². The topological polar surface area (TPSA) is 64.8 Å². The zero-order valence-corrected chi connectivity index (χ0v) is 11.7. The molecule has 3 heterocycles. The highest BCUT2D eigenvalue weighted by Crippen LogP contribution is 2.22. The van der Waals surface area contributed by atoms with E-state index < -0.39 is 0 Å². The molecule has 3 rings (SSSR count). The first-order valence-electron chi connectivity index (χ1n) is 7.11. The number of nitrogens with one attached hydrogen (secondary N) is 1. The summed E-state index contributed by atoms with van der Waals surface area (Å²) in [6.45, 7) is 2.91. The normalized spacial score (nSPS) is 17.5. The van der Waals surface area contributed by atoms with E-state index in [1.54, 1.807) is 12.4 Å². The monoisotopic (exact) mass is 279 g/mol. The number of anilines is 2. The van der Waals surface area contributed by atoms with E-state index in [1.807, 2.05) is 30.3 Å². The molecule has 1 aliphatic heterocycles. The van der Waals surface area contributed by atoms with Crippen molar-refractivity contribution in [3.63, 3.8) is 0 Å². The largest absolute Gasteiger partial charge is 0.370 e. The van der Waals surface area contributed by atoms with Crippen LogP contribution in [0.15, 0.2) is 42.7 Å². The van der Waals surface area contributed by atoms with Crippen LogP contribution in [0, 0.1) is 17.2 Å². The molecule has 2 aromatic rings. The van der Waals surface area contributed by atoms with Crippen molar-refractivity contribution in [2.75, 3.05) is 29.9 Å². The van der Waals surface area contributed by atoms with Crippen LogP contribution in [0.5, 0.6) is 0 Å². The maximum Gasteiger partial charge on any atom is 0.128 e. The highest BCUT2D eigenvalue weighted by molar-refractivity contribution is 5.43. The highest BCUT2D eigenvalue weighted by atomic mass is 15.2. The summed E-state index contributed by atoms with van der Waals surface area (Å²) in [6, 6.07) is 11.7. The van der Waals surface area contributed by atoms with Crippen molar-refractivity contribution in [2.24, 2.45) is 5.92 Å². The Labute approximate surface area is 124 Å². The van der Waals surface area contributed by atoms with Gasteiger partial charge in [0.15, 0.2) is 0 Å². The fourth-order valence-electron chi connectivity index (χ4n) is 2.56. The van der Waals surface area contributed by atoms with Crippen LogP contribution in [0.25, 0.3) is 0 Å². The molecule has 0 spiro atoms. The zero-order valence-electron chi connectivity index (χ0n) is 11.7. The molecular formula is C16H17N5. The van der Waals surface area contributed by atoms with E-state index in [4.69, 9.17) is 5.26 Å². The maximum absolute atomic E-state index is 8.80. The number of nitriles is 1. The van der Waals surface area contributed by atoms with Gasteiger partial charge in [-0.1, -0.05) is 6.07 Å². The van der Waals surface area contributed by atoms with Crippen LogP contribution in [0.4, 0.5) is 11.6 Å². The van der Waals surface area contributed by atoms with Crippen LogP contribution in [0.3, 0.4) is 0 Å². The van der Waals surface area contributed by atoms with E-state index >= 15 is 0 Å². The van der Waals surface area contributed by atoms with Gasteiger partial charge in [-0.15, -0.1) is 0 Å². The Bertz CT molecular complexity index is 617. The number of aromatic nitrogens is 2. The van der Waals surface area contributed by atoms with Crippen LogP contribution in [-0.2, 0) is 0 Å². The van der Waals surface area contributed by atoms with E-state index in [0.717, 1.165) is 37.7 Å². The van der Waals surface area contributed by atoms with Crippen molar-refractivity contribution in [1.82, 2.24) is 9.97 Å². The minimum Gasteiger partial charge on any atom is -0.370 e. The predicted molar refractivity (Wildman–Crippen MR) is 82.0 cm³/mol. The van der Waals surface area contributed by atoms with Crippen LogP contribution in [0.2, 0.25) is 0 Å². The van der Waals surface area contributed by atoms with Crippen LogP contribution >= 0.6 is 0 Å². The lowest BCUT2D eigenvalue weighted by molar-refractivity contribution is 0.621. The number of hydrogen-bond donors (Lipinski definition) is 1. The third kappa shape index (κ3) is 3.29. The molecule has 1 atom stereocenters. The molecule has 0 bridgehead atoms. The van der Waals surface area contributed by atoms with Crippen molar-refractivity contribution in [1.29, 1.82) is 5.26 Å². The molecule has 106 valence electrons. The number of pyridine rings is 2.